The zero-order valence-electron chi connectivity index (χ0n) is 13.7. The summed E-state index contributed by atoms with van der Waals surface area (Å²) >= 11 is 0. The monoisotopic (exact) mass is 348 g/mol. The number of aryl methyl sites for hydroxylation is 1. The predicted octanol–water partition coefficient (Wildman–Crippen LogP) is 1.35. The minimum absolute atomic E-state index is 0.0466. The van der Waals surface area contributed by atoms with E-state index in [4.69, 9.17) is 23.1 Å². The average molecular weight is 348 g/mol. The van der Waals surface area contributed by atoms with Gasteiger partial charge in [-0.25, -0.2) is 0 Å². The maximum Gasteiger partial charge on any atom is 0.297 e. The van der Waals surface area contributed by atoms with Gasteiger partial charge in [-0.1, -0.05) is 17.7 Å². The van der Waals surface area contributed by atoms with Crippen molar-refractivity contribution in [3.8, 4) is 0 Å². The molecule has 0 saturated carbocycles. The second-order valence-corrected chi connectivity index (χ2v) is 6.29. The van der Waals surface area contributed by atoms with Gasteiger partial charge in [-0.2, -0.15) is 8.42 Å². The van der Waals surface area contributed by atoms with E-state index in [1.165, 1.54) is 26.4 Å². The van der Waals surface area contributed by atoms with Gasteiger partial charge in [0.25, 0.3) is 10.1 Å². The van der Waals surface area contributed by atoms with Gasteiger partial charge in [0.05, 0.1) is 37.9 Å². The Morgan fingerprint density at radius 1 is 0.913 bits per heavy atom. The van der Waals surface area contributed by atoms with Crippen LogP contribution in [0.4, 0.5) is 0 Å². The van der Waals surface area contributed by atoms with Gasteiger partial charge in [-0.05, 0) is 19.1 Å². The summed E-state index contributed by atoms with van der Waals surface area (Å²) < 4.78 is 49.1. The first-order valence-electron chi connectivity index (χ1n) is 7.17. The summed E-state index contributed by atoms with van der Waals surface area (Å²) in [5.74, 6) is 0. The Hall–Kier alpha value is -1.03. The third kappa shape index (κ3) is 7.87. The van der Waals surface area contributed by atoms with Crippen LogP contribution in [0.1, 0.15) is 5.56 Å². The van der Waals surface area contributed by atoms with E-state index in [9.17, 15) is 8.42 Å². The van der Waals surface area contributed by atoms with Crippen molar-refractivity contribution in [2.75, 3.05) is 47.3 Å². The fraction of sp³-hybridized carbons (Fsp3) is 0.600. The fourth-order valence-electron chi connectivity index (χ4n) is 1.61. The minimum Gasteiger partial charge on any atom is -0.377 e. The SMILES string of the molecule is COC(COCCOCCOS(=O)(=O)c1ccc(C)cc1)OC. The standard InChI is InChI=1S/C15H24O7S/c1-13-4-6-14(7-5-13)23(16,17)22-11-10-20-8-9-21-12-15(18-2)19-3/h4-7,15H,8-12H2,1-3H3. The van der Waals surface area contributed by atoms with Gasteiger partial charge in [0, 0.05) is 14.2 Å². The molecule has 0 aliphatic rings. The van der Waals surface area contributed by atoms with Crippen molar-refractivity contribution < 1.29 is 31.5 Å². The number of benzene rings is 1. The van der Waals surface area contributed by atoms with Crippen molar-refractivity contribution in [2.45, 2.75) is 18.1 Å². The summed E-state index contributed by atoms with van der Waals surface area (Å²) in [5, 5.41) is 0. The number of rotatable bonds is 12. The van der Waals surface area contributed by atoms with Crippen molar-refractivity contribution in [3.05, 3.63) is 29.8 Å². The second kappa shape index (κ2) is 10.7. The number of methoxy groups -OCH3 is 2. The first kappa shape index (κ1) is 20.0. The lowest BCUT2D eigenvalue weighted by Crippen LogP contribution is -2.21. The molecule has 0 aromatic heterocycles. The lowest BCUT2D eigenvalue weighted by atomic mass is 10.2. The van der Waals surface area contributed by atoms with E-state index < -0.39 is 16.4 Å². The molecule has 0 heterocycles. The molecule has 0 spiro atoms. The molecule has 1 aromatic carbocycles. The molecule has 0 unspecified atom stereocenters. The van der Waals surface area contributed by atoms with Gasteiger partial charge in [-0.15, -0.1) is 0 Å². The normalized spacial score (nSPS) is 12.0. The van der Waals surface area contributed by atoms with Crippen LogP contribution in [0.15, 0.2) is 29.2 Å². The molecule has 0 N–H and O–H groups in total. The van der Waals surface area contributed by atoms with Gasteiger partial charge in [0.15, 0.2) is 6.29 Å². The topological polar surface area (TPSA) is 80.3 Å². The third-order valence-electron chi connectivity index (χ3n) is 2.93. The number of hydrogen-bond acceptors (Lipinski definition) is 7. The number of ether oxygens (including phenoxy) is 4. The first-order chi connectivity index (χ1) is 11.0. The Bertz CT molecular complexity index is 523. The van der Waals surface area contributed by atoms with Crippen LogP contribution in [0.2, 0.25) is 0 Å². The van der Waals surface area contributed by atoms with Crippen molar-refractivity contribution in [3.63, 3.8) is 0 Å². The van der Waals surface area contributed by atoms with Gasteiger partial charge in [0.1, 0.15) is 0 Å². The van der Waals surface area contributed by atoms with Crippen LogP contribution < -0.4 is 0 Å². The average Bonchev–Trinajstić information content (AvgIpc) is 2.54. The molecule has 0 radical (unpaired) electrons. The maximum atomic E-state index is 11.9. The van der Waals surface area contributed by atoms with E-state index >= 15 is 0 Å². The molecule has 0 fully saturated rings. The summed E-state index contributed by atoms with van der Waals surface area (Å²) in [6.07, 6.45) is -0.405. The molecule has 7 nitrogen and oxygen atoms in total. The summed E-state index contributed by atoms with van der Waals surface area (Å²) in [7, 11) is -0.682. The van der Waals surface area contributed by atoms with Crippen LogP contribution in [0.25, 0.3) is 0 Å². The van der Waals surface area contributed by atoms with Crippen molar-refractivity contribution in [1.29, 1.82) is 0 Å². The molecule has 1 aromatic rings. The lowest BCUT2D eigenvalue weighted by molar-refractivity contribution is -0.143. The van der Waals surface area contributed by atoms with Gasteiger partial charge >= 0.3 is 0 Å². The van der Waals surface area contributed by atoms with Gasteiger partial charge < -0.3 is 18.9 Å². The molecule has 0 aliphatic carbocycles. The van der Waals surface area contributed by atoms with E-state index in [0.717, 1.165) is 5.56 Å². The largest absolute Gasteiger partial charge is 0.377 e. The zero-order chi connectivity index (χ0) is 17.1. The van der Waals surface area contributed by atoms with Crippen LogP contribution in [-0.2, 0) is 33.2 Å². The Balaban J connectivity index is 2.14. The molecule has 1 rings (SSSR count). The summed E-state index contributed by atoms with van der Waals surface area (Å²) in [5.41, 5.74) is 0.983. The predicted molar refractivity (Wildman–Crippen MR) is 83.8 cm³/mol. The highest BCUT2D eigenvalue weighted by atomic mass is 32.2. The van der Waals surface area contributed by atoms with E-state index in [2.05, 4.69) is 0 Å². The Morgan fingerprint density at radius 3 is 2.09 bits per heavy atom. The number of hydrogen-bond donors (Lipinski definition) is 0. The molecular weight excluding hydrogens is 324 g/mol. The smallest absolute Gasteiger partial charge is 0.297 e. The highest BCUT2D eigenvalue weighted by Crippen LogP contribution is 2.12. The molecular formula is C15H24O7S. The molecule has 0 bridgehead atoms. The summed E-state index contributed by atoms with van der Waals surface area (Å²) in [6, 6.07) is 6.47. The summed E-state index contributed by atoms with van der Waals surface area (Å²) in [6.45, 7) is 2.98. The van der Waals surface area contributed by atoms with Crippen LogP contribution in [0.5, 0.6) is 0 Å². The van der Waals surface area contributed by atoms with Gasteiger partial charge in [-0.3, -0.25) is 4.18 Å². The molecule has 23 heavy (non-hydrogen) atoms. The third-order valence-corrected chi connectivity index (χ3v) is 4.25. The van der Waals surface area contributed by atoms with E-state index in [1.807, 2.05) is 6.92 Å². The second-order valence-electron chi connectivity index (χ2n) is 4.68. The highest BCUT2D eigenvalue weighted by Gasteiger charge is 2.14. The van der Waals surface area contributed by atoms with Crippen molar-refractivity contribution in [2.24, 2.45) is 0 Å². The van der Waals surface area contributed by atoms with Crippen LogP contribution in [0.3, 0.4) is 0 Å². The van der Waals surface area contributed by atoms with Crippen LogP contribution >= 0.6 is 0 Å². The molecule has 0 amide bonds. The summed E-state index contributed by atoms with van der Waals surface area (Å²) in [4.78, 5) is 0.136. The first-order valence-corrected chi connectivity index (χ1v) is 8.57. The lowest BCUT2D eigenvalue weighted by Gasteiger charge is -2.13. The zero-order valence-corrected chi connectivity index (χ0v) is 14.5. The maximum absolute atomic E-state index is 11.9. The van der Waals surface area contributed by atoms with Crippen LogP contribution in [0, 0.1) is 6.92 Å². The van der Waals surface area contributed by atoms with E-state index in [-0.39, 0.29) is 18.1 Å². The molecule has 8 heteroatoms. The van der Waals surface area contributed by atoms with Crippen molar-refractivity contribution >= 4 is 10.1 Å². The Morgan fingerprint density at radius 2 is 1.48 bits per heavy atom. The van der Waals surface area contributed by atoms with Crippen molar-refractivity contribution in [1.82, 2.24) is 0 Å². The fourth-order valence-corrected chi connectivity index (χ4v) is 2.50. The highest BCUT2D eigenvalue weighted by molar-refractivity contribution is 7.86. The Kier molecular flexibility index (Phi) is 9.30. The van der Waals surface area contributed by atoms with E-state index in [0.29, 0.717) is 19.8 Å². The van der Waals surface area contributed by atoms with E-state index in [1.54, 1.807) is 12.1 Å². The molecule has 0 atom stereocenters. The molecule has 0 saturated heterocycles. The minimum atomic E-state index is -3.74. The molecule has 132 valence electrons. The Labute approximate surface area is 137 Å². The van der Waals surface area contributed by atoms with Crippen LogP contribution in [-0.4, -0.2) is 62.0 Å². The van der Waals surface area contributed by atoms with Gasteiger partial charge in [0.2, 0.25) is 0 Å². The molecule has 0 aliphatic heterocycles. The quantitative estimate of drug-likeness (QED) is 0.320.